The number of aliphatic hydroxyl groups excluding tert-OH is 1. The zero-order valence-electron chi connectivity index (χ0n) is 11.7. The van der Waals surface area contributed by atoms with E-state index in [9.17, 15) is 5.11 Å². The Balaban J connectivity index is 2.18. The number of methoxy groups -OCH3 is 1. The first-order valence-corrected chi connectivity index (χ1v) is 6.95. The van der Waals surface area contributed by atoms with Crippen LogP contribution in [0.2, 0.25) is 0 Å². The lowest BCUT2D eigenvalue weighted by molar-refractivity contribution is 0.141. The van der Waals surface area contributed by atoms with Gasteiger partial charge >= 0.3 is 0 Å². The van der Waals surface area contributed by atoms with Gasteiger partial charge in [0.25, 0.3) is 0 Å². The molecule has 1 saturated carbocycles. The lowest BCUT2D eigenvalue weighted by Crippen LogP contribution is -2.07. The normalized spacial score (nSPS) is 18.0. The molecule has 1 unspecified atom stereocenters. The second-order valence-corrected chi connectivity index (χ2v) is 5.53. The molecule has 1 aliphatic rings. The number of benzene rings is 1. The number of ether oxygens (including phenoxy) is 1. The average Bonchev–Trinajstić information content (AvgIpc) is 2.85. The van der Waals surface area contributed by atoms with Gasteiger partial charge in [-0.25, -0.2) is 0 Å². The van der Waals surface area contributed by atoms with Gasteiger partial charge in [0.1, 0.15) is 5.75 Å². The van der Waals surface area contributed by atoms with E-state index >= 15 is 0 Å². The van der Waals surface area contributed by atoms with Crippen molar-refractivity contribution in [2.24, 2.45) is 5.92 Å². The molecule has 1 fully saturated rings. The van der Waals surface area contributed by atoms with Crippen molar-refractivity contribution in [3.05, 3.63) is 28.8 Å². The molecule has 1 N–H and O–H groups in total. The van der Waals surface area contributed by atoms with Gasteiger partial charge < -0.3 is 9.84 Å². The lowest BCUT2D eigenvalue weighted by Gasteiger charge is -2.20. The summed E-state index contributed by atoms with van der Waals surface area (Å²) in [5.41, 5.74) is 3.30. The third kappa shape index (κ3) is 2.69. The molecule has 18 heavy (non-hydrogen) atoms. The molecule has 0 heterocycles. The Morgan fingerprint density at radius 2 is 1.94 bits per heavy atom. The van der Waals surface area contributed by atoms with Gasteiger partial charge in [0.05, 0.1) is 13.2 Å². The SMILES string of the molecule is COc1c(C(O)CC2CCCC2)ccc(C)c1C. The molecule has 0 bridgehead atoms. The van der Waals surface area contributed by atoms with E-state index in [4.69, 9.17) is 4.74 Å². The zero-order valence-corrected chi connectivity index (χ0v) is 11.7. The van der Waals surface area contributed by atoms with Crippen molar-refractivity contribution in [1.29, 1.82) is 0 Å². The number of aliphatic hydroxyl groups is 1. The summed E-state index contributed by atoms with van der Waals surface area (Å²) in [4.78, 5) is 0. The highest BCUT2D eigenvalue weighted by molar-refractivity contribution is 5.46. The maximum Gasteiger partial charge on any atom is 0.127 e. The largest absolute Gasteiger partial charge is 0.496 e. The van der Waals surface area contributed by atoms with E-state index in [-0.39, 0.29) is 6.10 Å². The van der Waals surface area contributed by atoms with E-state index in [1.54, 1.807) is 7.11 Å². The summed E-state index contributed by atoms with van der Waals surface area (Å²) in [6, 6.07) is 4.09. The van der Waals surface area contributed by atoms with Crippen LogP contribution < -0.4 is 4.74 Å². The van der Waals surface area contributed by atoms with Crippen LogP contribution in [0.1, 0.15) is 54.9 Å². The first kappa shape index (κ1) is 13.4. The minimum absolute atomic E-state index is 0.387. The molecule has 1 aliphatic carbocycles. The number of hydrogen-bond acceptors (Lipinski definition) is 2. The van der Waals surface area contributed by atoms with Gasteiger partial charge in [-0.05, 0) is 37.3 Å². The molecule has 2 rings (SSSR count). The summed E-state index contributed by atoms with van der Waals surface area (Å²) in [6.07, 6.45) is 5.67. The van der Waals surface area contributed by atoms with Crippen LogP contribution in [0, 0.1) is 19.8 Å². The molecule has 1 aromatic carbocycles. The number of rotatable bonds is 4. The van der Waals surface area contributed by atoms with Crippen molar-refractivity contribution in [3.63, 3.8) is 0 Å². The van der Waals surface area contributed by atoms with E-state index in [1.807, 2.05) is 6.07 Å². The Morgan fingerprint density at radius 3 is 2.56 bits per heavy atom. The number of aryl methyl sites for hydroxylation is 1. The predicted molar refractivity (Wildman–Crippen MR) is 74.0 cm³/mol. The van der Waals surface area contributed by atoms with Gasteiger partial charge in [-0.3, -0.25) is 0 Å². The second kappa shape index (κ2) is 5.75. The fraction of sp³-hybridized carbons (Fsp3) is 0.625. The van der Waals surface area contributed by atoms with Crippen molar-refractivity contribution in [3.8, 4) is 5.75 Å². The van der Waals surface area contributed by atoms with Gasteiger partial charge in [-0.15, -0.1) is 0 Å². The fourth-order valence-corrected chi connectivity index (χ4v) is 3.03. The van der Waals surface area contributed by atoms with E-state index in [1.165, 1.54) is 31.2 Å². The molecule has 0 amide bonds. The lowest BCUT2D eigenvalue weighted by atomic mass is 9.93. The van der Waals surface area contributed by atoms with Gasteiger partial charge in [0.2, 0.25) is 0 Å². The molecular weight excluding hydrogens is 224 g/mol. The molecule has 1 aromatic rings. The Hall–Kier alpha value is -1.02. The summed E-state index contributed by atoms with van der Waals surface area (Å²) in [5, 5.41) is 10.4. The third-order valence-electron chi connectivity index (χ3n) is 4.30. The Labute approximate surface area is 110 Å². The molecule has 0 radical (unpaired) electrons. The van der Waals surface area contributed by atoms with Crippen LogP contribution in [0.5, 0.6) is 5.75 Å². The summed E-state index contributed by atoms with van der Waals surface area (Å²) in [7, 11) is 1.69. The van der Waals surface area contributed by atoms with Crippen molar-refractivity contribution >= 4 is 0 Å². The summed E-state index contributed by atoms with van der Waals surface area (Å²) in [6.45, 7) is 4.13. The van der Waals surface area contributed by atoms with Gasteiger partial charge in [-0.1, -0.05) is 37.8 Å². The van der Waals surface area contributed by atoms with Gasteiger partial charge in [-0.2, -0.15) is 0 Å². The van der Waals surface area contributed by atoms with Crippen molar-refractivity contribution in [2.45, 2.75) is 52.1 Å². The number of hydrogen-bond donors (Lipinski definition) is 1. The van der Waals surface area contributed by atoms with Crippen LogP contribution in [-0.2, 0) is 0 Å². The van der Waals surface area contributed by atoms with Crippen LogP contribution >= 0.6 is 0 Å². The molecule has 2 heteroatoms. The van der Waals surface area contributed by atoms with E-state index in [0.29, 0.717) is 5.92 Å². The maximum absolute atomic E-state index is 10.4. The van der Waals surface area contributed by atoms with Gasteiger partial charge in [0, 0.05) is 5.56 Å². The molecular formula is C16H24O2. The average molecular weight is 248 g/mol. The molecule has 2 nitrogen and oxygen atoms in total. The van der Waals surface area contributed by atoms with Crippen molar-refractivity contribution in [1.82, 2.24) is 0 Å². The van der Waals surface area contributed by atoms with Gasteiger partial charge in [0.15, 0.2) is 0 Å². The zero-order chi connectivity index (χ0) is 13.1. The highest BCUT2D eigenvalue weighted by Gasteiger charge is 2.22. The first-order valence-electron chi connectivity index (χ1n) is 6.95. The van der Waals surface area contributed by atoms with Crippen LogP contribution in [0.25, 0.3) is 0 Å². The summed E-state index contributed by atoms with van der Waals surface area (Å²) < 4.78 is 5.48. The van der Waals surface area contributed by atoms with Crippen LogP contribution in [0.3, 0.4) is 0 Å². The molecule has 0 aliphatic heterocycles. The second-order valence-electron chi connectivity index (χ2n) is 5.53. The van der Waals surface area contributed by atoms with Crippen LogP contribution in [-0.4, -0.2) is 12.2 Å². The highest BCUT2D eigenvalue weighted by atomic mass is 16.5. The minimum Gasteiger partial charge on any atom is -0.496 e. The van der Waals surface area contributed by atoms with Crippen molar-refractivity contribution < 1.29 is 9.84 Å². The maximum atomic E-state index is 10.4. The van der Waals surface area contributed by atoms with Crippen molar-refractivity contribution in [2.75, 3.05) is 7.11 Å². The van der Waals surface area contributed by atoms with Crippen LogP contribution in [0.15, 0.2) is 12.1 Å². The molecule has 0 aromatic heterocycles. The molecule has 0 spiro atoms. The fourth-order valence-electron chi connectivity index (χ4n) is 3.03. The standard InChI is InChI=1S/C16H24O2/c1-11-8-9-14(16(18-3)12(11)2)15(17)10-13-6-4-5-7-13/h8-9,13,15,17H,4-7,10H2,1-3H3. The Kier molecular flexibility index (Phi) is 4.28. The molecule has 100 valence electrons. The third-order valence-corrected chi connectivity index (χ3v) is 4.30. The highest BCUT2D eigenvalue weighted by Crippen LogP contribution is 2.37. The smallest absolute Gasteiger partial charge is 0.127 e. The quantitative estimate of drug-likeness (QED) is 0.875. The monoisotopic (exact) mass is 248 g/mol. The Morgan fingerprint density at radius 1 is 1.28 bits per heavy atom. The van der Waals surface area contributed by atoms with E-state index in [0.717, 1.165) is 23.3 Å². The summed E-state index contributed by atoms with van der Waals surface area (Å²) in [5.74, 6) is 1.55. The van der Waals surface area contributed by atoms with E-state index in [2.05, 4.69) is 19.9 Å². The summed E-state index contributed by atoms with van der Waals surface area (Å²) >= 11 is 0. The first-order chi connectivity index (χ1) is 8.63. The topological polar surface area (TPSA) is 29.5 Å². The Bertz CT molecular complexity index is 406. The van der Waals surface area contributed by atoms with Crippen LogP contribution in [0.4, 0.5) is 0 Å². The minimum atomic E-state index is -0.387. The molecule has 1 atom stereocenters. The van der Waals surface area contributed by atoms with E-state index < -0.39 is 0 Å². The predicted octanol–water partition coefficient (Wildman–Crippen LogP) is 3.93. The molecule has 0 saturated heterocycles.